The first-order valence-corrected chi connectivity index (χ1v) is 13.1. The van der Waals surface area contributed by atoms with E-state index in [-0.39, 0.29) is 36.0 Å². The Balaban J connectivity index is 1.51. The molecule has 7 nitrogen and oxygen atoms in total. The molecule has 2 aliphatic rings. The highest BCUT2D eigenvalue weighted by Gasteiger charge is 2.33. The number of carbonyl (C=O) groups excluding carboxylic acids is 2. The second kappa shape index (κ2) is 9.00. The maximum absolute atomic E-state index is 13.1. The zero-order chi connectivity index (χ0) is 22.0. The van der Waals surface area contributed by atoms with E-state index in [0.29, 0.717) is 28.7 Å². The maximum Gasteiger partial charge on any atom is 0.262 e. The number of amides is 2. The van der Waals surface area contributed by atoms with Crippen LogP contribution in [0.5, 0.6) is 5.75 Å². The van der Waals surface area contributed by atoms with Crippen LogP contribution >= 0.6 is 11.3 Å². The lowest BCUT2D eigenvalue weighted by atomic mass is 9.88. The van der Waals surface area contributed by atoms with Crippen molar-refractivity contribution in [3.05, 3.63) is 46.3 Å². The average molecular weight is 463 g/mol. The molecule has 9 heteroatoms. The number of nitrogens with one attached hydrogen (secondary N) is 2. The fraction of sp³-hybridized carbons (Fsp3) is 0.455. The minimum atomic E-state index is -3.10. The summed E-state index contributed by atoms with van der Waals surface area (Å²) in [5.41, 5.74) is 1.45. The third kappa shape index (κ3) is 5.27. The Morgan fingerprint density at radius 2 is 1.97 bits per heavy atom. The minimum absolute atomic E-state index is 0.0330. The molecule has 1 aromatic carbocycles. The number of para-hydroxylation sites is 1. The van der Waals surface area contributed by atoms with Crippen LogP contribution in [0.1, 0.15) is 40.6 Å². The molecule has 2 aromatic rings. The van der Waals surface area contributed by atoms with E-state index in [1.807, 2.05) is 18.2 Å². The number of carbonyl (C=O) groups is 2. The van der Waals surface area contributed by atoms with Crippen LogP contribution in [0.3, 0.4) is 0 Å². The fourth-order valence-electron chi connectivity index (χ4n) is 4.07. The molecule has 0 spiro atoms. The zero-order valence-corrected chi connectivity index (χ0v) is 19.0. The summed E-state index contributed by atoms with van der Waals surface area (Å²) in [5.74, 6) is 0.526. The Labute approximate surface area is 186 Å². The van der Waals surface area contributed by atoms with Crippen molar-refractivity contribution in [2.75, 3.05) is 23.4 Å². The maximum atomic E-state index is 13.1. The SMILES string of the molecule is CC1CCc2c(sc(NC(=O)COc3ccccc3)c2C(=O)NC2CCS(=O)(=O)C2)C1. The number of hydrogen-bond acceptors (Lipinski definition) is 6. The molecule has 166 valence electrons. The summed E-state index contributed by atoms with van der Waals surface area (Å²) in [6.45, 7) is 2.02. The van der Waals surface area contributed by atoms with Crippen molar-refractivity contribution in [2.45, 2.75) is 38.6 Å². The average Bonchev–Trinajstić information content (AvgIpc) is 3.25. The summed E-state index contributed by atoms with van der Waals surface area (Å²) in [4.78, 5) is 26.8. The molecule has 0 saturated carbocycles. The van der Waals surface area contributed by atoms with Gasteiger partial charge in [0.2, 0.25) is 0 Å². The van der Waals surface area contributed by atoms with Crippen LogP contribution in [0.2, 0.25) is 0 Å². The van der Waals surface area contributed by atoms with Crippen LogP contribution in [0, 0.1) is 5.92 Å². The number of ether oxygens (including phenoxy) is 1. The number of anilines is 1. The third-order valence-corrected chi connectivity index (χ3v) is 8.61. The van der Waals surface area contributed by atoms with Gasteiger partial charge in [-0.1, -0.05) is 25.1 Å². The van der Waals surface area contributed by atoms with Crippen molar-refractivity contribution in [1.82, 2.24) is 5.32 Å². The summed E-state index contributed by atoms with van der Waals surface area (Å²) in [7, 11) is -3.10. The van der Waals surface area contributed by atoms with E-state index in [1.54, 1.807) is 12.1 Å². The molecule has 2 amide bonds. The Hall–Kier alpha value is -2.39. The van der Waals surface area contributed by atoms with Crippen LogP contribution in [-0.2, 0) is 27.5 Å². The molecule has 2 N–H and O–H groups in total. The summed E-state index contributed by atoms with van der Waals surface area (Å²) < 4.78 is 29.0. The van der Waals surface area contributed by atoms with Crippen molar-refractivity contribution in [2.24, 2.45) is 5.92 Å². The monoisotopic (exact) mass is 462 g/mol. The number of rotatable bonds is 6. The van der Waals surface area contributed by atoms with Gasteiger partial charge < -0.3 is 15.4 Å². The van der Waals surface area contributed by atoms with Gasteiger partial charge in [-0.15, -0.1) is 11.3 Å². The van der Waals surface area contributed by atoms with Gasteiger partial charge in [-0.2, -0.15) is 0 Å². The number of thiophene rings is 1. The standard InChI is InChI=1S/C22H26N2O5S2/c1-14-7-8-17-18(11-14)30-22(24-19(25)12-29-16-5-3-2-4-6-16)20(17)21(26)23-15-9-10-31(27,28)13-15/h2-6,14-15H,7-13H2,1H3,(H,23,26)(H,24,25). The topological polar surface area (TPSA) is 102 Å². The predicted octanol–water partition coefficient (Wildman–Crippen LogP) is 2.81. The first kappa shape index (κ1) is 21.8. The molecule has 4 rings (SSSR count). The molecule has 1 aliphatic carbocycles. The normalized spacial score (nSPS) is 21.8. The number of hydrogen-bond donors (Lipinski definition) is 2. The van der Waals surface area contributed by atoms with E-state index < -0.39 is 9.84 Å². The quantitative estimate of drug-likeness (QED) is 0.687. The first-order valence-electron chi connectivity index (χ1n) is 10.4. The van der Waals surface area contributed by atoms with Gasteiger partial charge in [0.25, 0.3) is 11.8 Å². The van der Waals surface area contributed by atoms with Crippen LogP contribution in [0.4, 0.5) is 5.00 Å². The van der Waals surface area contributed by atoms with Crippen LogP contribution in [0.25, 0.3) is 0 Å². The molecular formula is C22H26N2O5S2. The van der Waals surface area contributed by atoms with E-state index in [2.05, 4.69) is 17.6 Å². The van der Waals surface area contributed by atoms with Gasteiger partial charge in [0.05, 0.1) is 17.1 Å². The molecule has 1 aliphatic heterocycles. The second-order valence-electron chi connectivity index (χ2n) is 8.28. The first-order chi connectivity index (χ1) is 14.8. The van der Waals surface area contributed by atoms with Crippen molar-refractivity contribution in [3.63, 3.8) is 0 Å². The van der Waals surface area contributed by atoms with Crippen LogP contribution in [0.15, 0.2) is 30.3 Å². The highest BCUT2D eigenvalue weighted by atomic mass is 32.2. The molecule has 0 bridgehead atoms. The summed E-state index contributed by atoms with van der Waals surface area (Å²) >= 11 is 1.44. The lowest BCUT2D eigenvalue weighted by Gasteiger charge is -2.19. The van der Waals surface area contributed by atoms with Gasteiger partial charge >= 0.3 is 0 Å². The molecule has 2 heterocycles. The van der Waals surface area contributed by atoms with Crippen LogP contribution < -0.4 is 15.4 Å². The molecule has 1 fully saturated rings. The highest BCUT2D eigenvalue weighted by Crippen LogP contribution is 2.39. The number of fused-ring (bicyclic) bond motifs is 1. The third-order valence-electron chi connectivity index (χ3n) is 5.67. The van der Waals surface area contributed by atoms with Crippen molar-refractivity contribution >= 4 is 38.0 Å². The molecule has 2 atom stereocenters. The van der Waals surface area contributed by atoms with Gasteiger partial charge in [-0.05, 0) is 49.3 Å². The van der Waals surface area contributed by atoms with Gasteiger partial charge in [0.1, 0.15) is 10.8 Å². The van der Waals surface area contributed by atoms with Crippen molar-refractivity contribution in [3.8, 4) is 5.75 Å². The second-order valence-corrected chi connectivity index (χ2v) is 11.6. The lowest BCUT2D eigenvalue weighted by molar-refractivity contribution is -0.118. The van der Waals surface area contributed by atoms with E-state index in [0.717, 1.165) is 29.7 Å². The van der Waals surface area contributed by atoms with Gasteiger partial charge in [0, 0.05) is 10.9 Å². The lowest BCUT2D eigenvalue weighted by Crippen LogP contribution is -2.36. The number of sulfone groups is 1. The van der Waals surface area contributed by atoms with Crippen LogP contribution in [-0.4, -0.2) is 44.4 Å². The van der Waals surface area contributed by atoms with E-state index >= 15 is 0 Å². The van der Waals surface area contributed by atoms with E-state index in [4.69, 9.17) is 4.74 Å². The zero-order valence-electron chi connectivity index (χ0n) is 17.3. The van der Waals surface area contributed by atoms with Gasteiger partial charge in [-0.25, -0.2) is 8.42 Å². The van der Waals surface area contributed by atoms with Crippen molar-refractivity contribution in [1.29, 1.82) is 0 Å². The minimum Gasteiger partial charge on any atom is -0.484 e. The smallest absolute Gasteiger partial charge is 0.262 e. The Kier molecular flexibility index (Phi) is 6.34. The molecule has 0 radical (unpaired) electrons. The Bertz CT molecular complexity index is 1080. The summed E-state index contributed by atoms with van der Waals surface area (Å²) in [6.07, 6.45) is 3.04. The van der Waals surface area contributed by atoms with E-state index in [1.165, 1.54) is 11.3 Å². The Morgan fingerprint density at radius 1 is 1.19 bits per heavy atom. The molecule has 31 heavy (non-hydrogen) atoms. The van der Waals surface area contributed by atoms with E-state index in [9.17, 15) is 18.0 Å². The summed E-state index contributed by atoms with van der Waals surface area (Å²) in [6, 6.07) is 8.67. The summed E-state index contributed by atoms with van der Waals surface area (Å²) in [5, 5.41) is 6.24. The highest BCUT2D eigenvalue weighted by molar-refractivity contribution is 7.91. The largest absolute Gasteiger partial charge is 0.484 e. The predicted molar refractivity (Wildman–Crippen MR) is 121 cm³/mol. The van der Waals surface area contributed by atoms with Gasteiger partial charge in [-0.3, -0.25) is 9.59 Å². The molecular weight excluding hydrogens is 436 g/mol. The number of benzene rings is 1. The van der Waals surface area contributed by atoms with Crippen molar-refractivity contribution < 1.29 is 22.7 Å². The molecule has 1 aromatic heterocycles. The fourth-order valence-corrected chi connectivity index (χ4v) is 7.17. The van der Waals surface area contributed by atoms with Gasteiger partial charge in [0.15, 0.2) is 16.4 Å². The molecule has 1 saturated heterocycles. The molecule has 2 unspecified atom stereocenters. The Morgan fingerprint density at radius 3 is 2.68 bits per heavy atom.